The highest BCUT2D eigenvalue weighted by Gasteiger charge is 2.22. The van der Waals surface area contributed by atoms with Crippen molar-refractivity contribution in [1.29, 1.82) is 0 Å². The SMILES string of the molecule is Cc1cc(C=Nn2c(C3CCCCC3)nc3ccc(Br)cc3c2=O)c(C)n1-c1ccc(OCc2ccccc2F)cc1. The number of hydrogen-bond donors (Lipinski definition) is 0. The normalized spacial score (nSPS) is 14.2. The lowest BCUT2D eigenvalue weighted by Crippen LogP contribution is -2.25. The van der Waals surface area contributed by atoms with Gasteiger partial charge in [0, 0.05) is 38.6 Å². The van der Waals surface area contributed by atoms with Gasteiger partial charge in [-0.25, -0.2) is 9.37 Å². The quantitative estimate of drug-likeness (QED) is 0.171. The zero-order chi connectivity index (χ0) is 29.2. The van der Waals surface area contributed by atoms with Crippen LogP contribution in [0.15, 0.2) is 87.2 Å². The van der Waals surface area contributed by atoms with Gasteiger partial charge in [0.25, 0.3) is 5.56 Å². The number of rotatable bonds is 7. The second-order valence-corrected chi connectivity index (χ2v) is 11.8. The van der Waals surface area contributed by atoms with Crippen molar-refractivity contribution in [3.63, 3.8) is 0 Å². The zero-order valence-electron chi connectivity index (χ0n) is 23.7. The van der Waals surface area contributed by atoms with E-state index in [4.69, 9.17) is 14.8 Å². The molecule has 0 unspecified atom stereocenters. The standard InChI is InChI=1S/C34H32BrFN4O2/c1-22-18-26(23(2)39(22)28-13-15-29(16-14-28)42-21-25-10-6-7-11-31(25)36)20-37-40-33(24-8-4-3-5-9-24)38-32-17-12-27(35)19-30(32)34(40)41/h6-7,10-20,24H,3-5,8-9,21H2,1-2H3. The molecule has 1 fully saturated rings. The lowest BCUT2D eigenvalue weighted by molar-refractivity contribution is 0.300. The first kappa shape index (κ1) is 28.1. The van der Waals surface area contributed by atoms with Gasteiger partial charge in [0.1, 0.15) is 24.0 Å². The number of aromatic nitrogens is 3. The summed E-state index contributed by atoms with van der Waals surface area (Å²) in [6.45, 7) is 4.25. The molecule has 0 saturated heterocycles. The molecule has 1 saturated carbocycles. The van der Waals surface area contributed by atoms with Gasteiger partial charge in [0.2, 0.25) is 0 Å². The van der Waals surface area contributed by atoms with Crippen LogP contribution in [0.1, 0.15) is 66.4 Å². The van der Waals surface area contributed by atoms with Crippen molar-refractivity contribution in [3.8, 4) is 11.4 Å². The van der Waals surface area contributed by atoms with Crippen LogP contribution in [-0.4, -0.2) is 20.4 Å². The summed E-state index contributed by atoms with van der Waals surface area (Å²) in [5.74, 6) is 1.34. The van der Waals surface area contributed by atoms with Crippen LogP contribution in [0.4, 0.5) is 4.39 Å². The van der Waals surface area contributed by atoms with E-state index >= 15 is 0 Å². The van der Waals surface area contributed by atoms with E-state index in [0.717, 1.165) is 58.6 Å². The summed E-state index contributed by atoms with van der Waals surface area (Å²) in [5.41, 5.74) is 4.99. The third-order valence-corrected chi connectivity index (χ3v) is 8.53. The summed E-state index contributed by atoms with van der Waals surface area (Å²) in [7, 11) is 0. The molecule has 3 aromatic carbocycles. The second kappa shape index (κ2) is 12.1. The Kier molecular flexibility index (Phi) is 8.07. The van der Waals surface area contributed by atoms with Crippen molar-refractivity contribution in [2.24, 2.45) is 5.10 Å². The minimum Gasteiger partial charge on any atom is -0.489 e. The van der Waals surface area contributed by atoms with Gasteiger partial charge < -0.3 is 9.30 Å². The van der Waals surface area contributed by atoms with E-state index in [9.17, 15) is 9.18 Å². The highest BCUT2D eigenvalue weighted by molar-refractivity contribution is 9.10. The van der Waals surface area contributed by atoms with Gasteiger partial charge >= 0.3 is 0 Å². The Hall–Kier alpha value is -4.04. The molecule has 2 heterocycles. The third kappa shape index (κ3) is 5.68. The zero-order valence-corrected chi connectivity index (χ0v) is 25.3. The molecule has 0 spiro atoms. The summed E-state index contributed by atoms with van der Waals surface area (Å²) in [6.07, 6.45) is 7.28. The number of ether oxygens (including phenoxy) is 1. The Balaban J connectivity index is 1.30. The van der Waals surface area contributed by atoms with Crippen molar-refractivity contribution < 1.29 is 9.13 Å². The van der Waals surface area contributed by atoms with E-state index in [0.29, 0.717) is 22.2 Å². The van der Waals surface area contributed by atoms with Crippen molar-refractivity contribution in [1.82, 2.24) is 14.2 Å². The number of hydrogen-bond acceptors (Lipinski definition) is 4. The van der Waals surface area contributed by atoms with E-state index in [1.807, 2.05) is 56.3 Å². The van der Waals surface area contributed by atoms with E-state index in [1.165, 1.54) is 17.2 Å². The Morgan fingerprint density at radius 1 is 1.02 bits per heavy atom. The van der Waals surface area contributed by atoms with Crippen molar-refractivity contribution >= 4 is 33.0 Å². The van der Waals surface area contributed by atoms with Gasteiger partial charge in [-0.3, -0.25) is 4.79 Å². The van der Waals surface area contributed by atoms with Crippen LogP contribution in [0, 0.1) is 19.7 Å². The maximum atomic E-state index is 13.9. The fraction of sp³-hybridized carbons (Fsp3) is 0.265. The van der Waals surface area contributed by atoms with Crippen molar-refractivity contribution in [3.05, 3.63) is 122 Å². The summed E-state index contributed by atoms with van der Waals surface area (Å²) in [4.78, 5) is 18.6. The van der Waals surface area contributed by atoms with E-state index in [-0.39, 0.29) is 23.9 Å². The molecule has 0 radical (unpaired) electrons. The topological polar surface area (TPSA) is 61.4 Å². The molecule has 2 aromatic heterocycles. The Labute approximate surface area is 252 Å². The van der Waals surface area contributed by atoms with Crippen molar-refractivity contribution in [2.45, 2.75) is 58.5 Å². The van der Waals surface area contributed by atoms with Gasteiger partial charge in [-0.05, 0) is 81.3 Å². The number of nitrogens with zero attached hydrogens (tertiary/aromatic N) is 4. The van der Waals surface area contributed by atoms with E-state index in [1.54, 1.807) is 24.4 Å². The molecule has 214 valence electrons. The average molecular weight is 628 g/mol. The molecule has 1 aliphatic carbocycles. The largest absolute Gasteiger partial charge is 0.489 e. The van der Waals surface area contributed by atoms with Crippen LogP contribution in [0.3, 0.4) is 0 Å². The van der Waals surface area contributed by atoms with Gasteiger partial charge in [-0.15, -0.1) is 0 Å². The number of benzene rings is 3. The van der Waals surface area contributed by atoms with Crippen LogP contribution in [0.2, 0.25) is 0 Å². The van der Waals surface area contributed by atoms with Gasteiger partial charge in [-0.2, -0.15) is 9.78 Å². The van der Waals surface area contributed by atoms with E-state index < -0.39 is 0 Å². The first-order valence-corrected chi connectivity index (χ1v) is 15.1. The number of aryl methyl sites for hydroxylation is 1. The summed E-state index contributed by atoms with van der Waals surface area (Å²) >= 11 is 3.49. The van der Waals surface area contributed by atoms with Crippen LogP contribution in [0.25, 0.3) is 16.6 Å². The van der Waals surface area contributed by atoms with E-state index in [2.05, 4.69) is 26.6 Å². The molecular formula is C34H32BrFN4O2. The Morgan fingerprint density at radius 2 is 1.79 bits per heavy atom. The lowest BCUT2D eigenvalue weighted by Gasteiger charge is -2.22. The minimum atomic E-state index is -0.276. The van der Waals surface area contributed by atoms with Gasteiger partial charge in [0.05, 0.1) is 17.1 Å². The molecule has 0 aliphatic heterocycles. The molecule has 6 rings (SSSR count). The maximum absolute atomic E-state index is 13.9. The van der Waals surface area contributed by atoms with Crippen LogP contribution < -0.4 is 10.3 Å². The first-order chi connectivity index (χ1) is 20.4. The minimum absolute atomic E-state index is 0.155. The fourth-order valence-corrected chi connectivity index (χ4v) is 6.17. The molecule has 0 bridgehead atoms. The monoisotopic (exact) mass is 626 g/mol. The molecule has 1 aliphatic rings. The highest BCUT2D eigenvalue weighted by atomic mass is 79.9. The summed E-state index contributed by atoms with van der Waals surface area (Å²) in [5, 5.41) is 5.30. The van der Waals surface area contributed by atoms with Gasteiger partial charge in [-0.1, -0.05) is 53.4 Å². The molecule has 0 N–H and O–H groups in total. The molecule has 5 aromatic rings. The Morgan fingerprint density at radius 3 is 2.55 bits per heavy atom. The second-order valence-electron chi connectivity index (χ2n) is 10.9. The molecule has 8 heteroatoms. The maximum Gasteiger partial charge on any atom is 0.282 e. The molecule has 6 nitrogen and oxygen atoms in total. The first-order valence-electron chi connectivity index (χ1n) is 14.3. The lowest BCUT2D eigenvalue weighted by atomic mass is 9.88. The highest BCUT2D eigenvalue weighted by Crippen LogP contribution is 2.32. The fourth-order valence-electron chi connectivity index (χ4n) is 5.81. The predicted octanol–water partition coefficient (Wildman–Crippen LogP) is 8.21. The van der Waals surface area contributed by atoms with Crippen molar-refractivity contribution in [2.75, 3.05) is 0 Å². The van der Waals surface area contributed by atoms with Crippen LogP contribution >= 0.6 is 15.9 Å². The summed E-state index contributed by atoms with van der Waals surface area (Å²) < 4.78 is 24.3. The third-order valence-electron chi connectivity index (χ3n) is 8.03. The average Bonchev–Trinajstić information content (AvgIpc) is 3.29. The Bertz CT molecular complexity index is 1840. The van der Waals surface area contributed by atoms with Gasteiger partial charge in [0.15, 0.2) is 0 Å². The molecular weight excluding hydrogens is 595 g/mol. The smallest absolute Gasteiger partial charge is 0.282 e. The summed E-state index contributed by atoms with van der Waals surface area (Å²) in [6, 6.07) is 22.1. The molecule has 42 heavy (non-hydrogen) atoms. The van der Waals surface area contributed by atoms with Crippen LogP contribution in [-0.2, 0) is 6.61 Å². The predicted molar refractivity (Wildman–Crippen MR) is 168 cm³/mol. The number of fused-ring (bicyclic) bond motifs is 1. The molecule has 0 atom stereocenters. The number of halogens is 2. The molecule has 0 amide bonds. The van der Waals surface area contributed by atoms with Crippen LogP contribution in [0.5, 0.6) is 5.75 Å².